The number of imide groups is 1. The zero-order valence-electron chi connectivity index (χ0n) is 17.6. The first-order valence-electron chi connectivity index (χ1n) is 10.6. The first-order chi connectivity index (χ1) is 15.3. The van der Waals surface area contributed by atoms with Crippen LogP contribution in [-0.2, 0) is 20.4 Å². The highest BCUT2D eigenvalue weighted by Crippen LogP contribution is 2.66. The van der Waals surface area contributed by atoms with Gasteiger partial charge < -0.3 is 0 Å². The van der Waals surface area contributed by atoms with Gasteiger partial charge in [-0.2, -0.15) is 0 Å². The number of nitrogens with zero attached hydrogens (tertiary/aromatic N) is 2. The lowest BCUT2D eigenvalue weighted by Crippen LogP contribution is -2.59. The minimum atomic E-state index is -0.641. The van der Waals surface area contributed by atoms with Crippen LogP contribution in [0.15, 0.2) is 72.8 Å². The second-order valence-electron chi connectivity index (χ2n) is 9.24. The van der Waals surface area contributed by atoms with Gasteiger partial charge in [0.15, 0.2) is 0 Å². The van der Waals surface area contributed by atoms with Crippen LogP contribution in [0.25, 0.3) is 0 Å². The van der Waals surface area contributed by atoms with E-state index in [-0.39, 0.29) is 17.5 Å². The average Bonchev–Trinajstić information content (AvgIpc) is 3.08. The molecule has 1 fully saturated rings. The van der Waals surface area contributed by atoms with E-state index in [1.54, 1.807) is 0 Å². The number of nitro benzene ring substituents is 1. The van der Waals surface area contributed by atoms with Gasteiger partial charge in [0.25, 0.3) is 5.69 Å². The third-order valence-corrected chi connectivity index (χ3v) is 7.96. The molecule has 32 heavy (non-hydrogen) atoms. The number of rotatable bonds is 2. The van der Waals surface area contributed by atoms with Crippen LogP contribution in [0.3, 0.4) is 0 Å². The smallest absolute Gasteiger partial charge is 0.269 e. The fourth-order valence-corrected chi connectivity index (χ4v) is 6.55. The summed E-state index contributed by atoms with van der Waals surface area (Å²) < 4.78 is 0. The highest BCUT2D eigenvalue weighted by Gasteiger charge is 2.70. The van der Waals surface area contributed by atoms with Crippen molar-refractivity contribution in [3.63, 3.8) is 0 Å². The lowest BCUT2D eigenvalue weighted by Gasteiger charge is -2.57. The molecule has 0 N–H and O–H groups in total. The molecule has 7 rings (SSSR count). The molecule has 4 aliphatic rings. The Hall–Kier alpha value is -3.80. The maximum atomic E-state index is 13.9. The Bertz CT molecular complexity index is 1220. The predicted molar refractivity (Wildman–Crippen MR) is 118 cm³/mol. The maximum Gasteiger partial charge on any atom is 0.269 e. The molecular weight excluding hydrogens is 404 g/mol. The number of hydrogen-bond donors (Lipinski definition) is 0. The second kappa shape index (κ2) is 5.91. The SMILES string of the molecule is CC12c3ccccc3C(C)(c3ccccc31)[C@@H]1C(=O)N(c3ccc([N+](=O)[O-])cc3)C(=O)[C@H]12. The second-order valence-corrected chi connectivity index (χ2v) is 9.24. The fourth-order valence-electron chi connectivity index (χ4n) is 6.55. The molecule has 2 bridgehead atoms. The summed E-state index contributed by atoms with van der Waals surface area (Å²) in [6.45, 7) is 4.15. The van der Waals surface area contributed by atoms with Crippen molar-refractivity contribution in [1.29, 1.82) is 0 Å². The molecule has 2 amide bonds. The van der Waals surface area contributed by atoms with Crippen LogP contribution in [-0.4, -0.2) is 16.7 Å². The van der Waals surface area contributed by atoms with Gasteiger partial charge in [-0.3, -0.25) is 19.7 Å². The van der Waals surface area contributed by atoms with Gasteiger partial charge in [0, 0.05) is 23.0 Å². The van der Waals surface area contributed by atoms with E-state index in [0.29, 0.717) is 5.69 Å². The van der Waals surface area contributed by atoms with Crippen molar-refractivity contribution in [2.45, 2.75) is 24.7 Å². The van der Waals surface area contributed by atoms with Crippen LogP contribution >= 0.6 is 0 Å². The molecule has 6 nitrogen and oxygen atoms in total. The molecule has 0 saturated carbocycles. The molecule has 6 heteroatoms. The molecular formula is C26H20N2O4. The van der Waals surface area contributed by atoms with Crippen molar-refractivity contribution in [1.82, 2.24) is 0 Å². The maximum absolute atomic E-state index is 13.9. The average molecular weight is 424 g/mol. The number of hydrogen-bond acceptors (Lipinski definition) is 4. The van der Waals surface area contributed by atoms with Crippen molar-refractivity contribution in [3.05, 3.63) is 105 Å². The summed E-state index contributed by atoms with van der Waals surface area (Å²) in [7, 11) is 0. The summed E-state index contributed by atoms with van der Waals surface area (Å²) in [5, 5.41) is 11.1. The highest BCUT2D eigenvalue weighted by molar-refractivity contribution is 6.24. The van der Waals surface area contributed by atoms with E-state index in [9.17, 15) is 19.7 Å². The summed E-state index contributed by atoms with van der Waals surface area (Å²) in [6.07, 6.45) is 0. The van der Waals surface area contributed by atoms with Crippen molar-refractivity contribution in [2.24, 2.45) is 11.8 Å². The third kappa shape index (κ3) is 1.96. The summed E-state index contributed by atoms with van der Waals surface area (Å²) in [5.74, 6) is -1.57. The third-order valence-electron chi connectivity index (χ3n) is 7.96. The monoisotopic (exact) mass is 424 g/mol. The van der Waals surface area contributed by atoms with E-state index in [4.69, 9.17) is 0 Å². The Balaban J connectivity index is 1.60. The van der Waals surface area contributed by atoms with E-state index in [0.717, 1.165) is 22.3 Å². The van der Waals surface area contributed by atoms with Crippen molar-refractivity contribution in [3.8, 4) is 0 Å². The van der Waals surface area contributed by atoms with Gasteiger partial charge in [-0.1, -0.05) is 62.4 Å². The van der Waals surface area contributed by atoms with Gasteiger partial charge in [0.1, 0.15) is 0 Å². The molecule has 3 aromatic rings. The summed E-state index contributed by atoms with van der Waals surface area (Å²) in [4.78, 5) is 39.6. The van der Waals surface area contributed by atoms with Crippen molar-refractivity contribution in [2.75, 3.05) is 4.90 Å². The molecule has 0 aromatic heterocycles. The first-order valence-corrected chi connectivity index (χ1v) is 10.6. The van der Waals surface area contributed by atoms with Crippen LogP contribution in [0.4, 0.5) is 11.4 Å². The van der Waals surface area contributed by atoms with E-state index in [2.05, 4.69) is 38.1 Å². The zero-order valence-corrected chi connectivity index (χ0v) is 17.6. The van der Waals surface area contributed by atoms with Gasteiger partial charge in [0.05, 0.1) is 22.4 Å². The van der Waals surface area contributed by atoms with Gasteiger partial charge in [0.2, 0.25) is 11.8 Å². The minimum absolute atomic E-state index is 0.0796. The minimum Gasteiger partial charge on any atom is -0.274 e. The number of carbonyl (C=O) groups is 2. The Morgan fingerprint density at radius 2 is 1.09 bits per heavy atom. The van der Waals surface area contributed by atoms with E-state index in [1.165, 1.54) is 29.2 Å². The number of anilines is 1. The van der Waals surface area contributed by atoms with E-state index < -0.39 is 27.6 Å². The topological polar surface area (TPSA) is 80.5 Å². The Morgan fingerprint density at radius 3 is 1.44 bits per heavy atom. The first kappa shape index (κ1) is 18.9. The van der Waals surface area contributed by atoms with Gasteiger partial charge in [-0.05, 0) is 34.4 Å². The predicted octanol–water partition coefficient (Wildman–Crippen LogP) is 4.34. The quantitative estimate of drug-likeness (QED) is 0.348. The van der Waals surface area contributed by atoms with Crippen LogP contribution in [0, 0.1) is 22.0 Å². The largest absolute Gasteiger partial charge is 0.274 e. The summed E-state index contributed by atoms with van der Waals surface area (Å²) in [6, 6.07) is 21.9. The molecule has 1 aliphatic heterocycles. The molecule has 3 aliphatic carbocycles. The molecule has 158 valence electrons. The zero-order chi connectivity index (χ0) is 22.4. The van der Waals surface area contributed by atoms with Crippen LogP contribution < -0.4 is 4.90 Å². The molecule has 0 unspecified atom stereocenters. The number of benzene rings is 3. The van der Waals surface area contributed by atoms with Crippen LogP contribution in [0.5, 0.6) is 0 Å². The number of amides is 2. The molecule has 3 aromatic carbocycles. The Morgan fingerprint density at radius 1 is 0.719 bits per heavy atom. The lowest BCUT2D eigenvalue weighted by molar-refractivity contribution is -0.384. The normalized spacial score (nSPS) is 29.5. The fraction of sp³-hybridized carbons (Fsp3) is 0.231. The van der Waals surface area contributed by atoms with E-state index >= 15 is 0 Å². The molecule has 2 atom stereocenters. The molecule has 0 radical (unpaired) electrons. The molecule has 0 spiro atoms. The van der Waals surface area contributed by atoms with E-state index in [1.807, 2.05) is 24.3 Å². The van der Waals surface area contributed by atoms with Gasteiger partial charge in [-0.25, -0.2) is 4.90 Å². The van der Waals surface area contributed by atoms with Crippen molar-refractivity contribution >= 4 is 23.2 Å². The van der Waals surface area contributed by atoms with Gasteiger partial charge >= 0.3 is 0 Å². The highest BCUT2D eigenvalue weighted by atomic mass is 16.6. The molecule has 1 saturated heterocycles. The Kier molecular flexibility index (Phi) is 3.50. The number of non-ortho nitro benzene ring substituents is 1. The number of carbonyl (C=O) groups excluding carboxylic acids is 2. The summed E-state index contributed by atoms with van der Waals surface area (Å²) >= 11 is 0. The summed E-state index contributed by atoms with van der Waals surface area (Å²) in [5.41, 5.74) is 3.38. The van der Waals surface area contributed by atoms with Gasteiger partial charge in [-0.15, -0.1) is 0 Å². The van der Waals surface area contributed by atoms with Crippen molar-refractivity contribution < 1.29 is 14.5 Å². The number of nitro groups is 1. The standard InChI is InChI=1S/C26H20N2O4/c1-25-17-7-3-5-9-19(17)26(2,20-10-6-4-8-18(20)25)22-21(25)23(29)27(24(22)30)15-11-13-16(14-12-15)28(31)32/h3-14,21-22H,1-2H3/t21-,22-,25?,26?/m0/s1. The molecule has 1 heterocycles. The lowest BCUT2D eigenvalue weighted by atomic mass is 9.42. The van der Waals surface area contributed by atoms with Crippen LogP contribution in [0.1, 0.15) is 36.1 Å². The van der Waals surface area contributed by atoms with Crippen LogP contribution in [0.2, 0.25) is 0 Å². The Labute approximate surface area is 184 Å².